The Morgan fingerprint density at radius 3 is 1.03 bits per heavy atom. The van der Waals surface area contributed by atoms with Gasteiger partial charge in [-0.1, -0.05) is 204 Å². The van der Waals surface area contributed by atoms with Crippen molar-refractivity contribution in [2.45, 2.75) is 73.1 Å². The van der Waals surface area contributed by atoms with Crippen LogP contribution in [0.3, 0.4) is 0 Å². The predicted molar refractivity (Wildman–Crippen MR) is 404 cm³/mol. The maximum atomic E-state index is 16.0. The number of aromatic nitrogens is 4. The van der Waals surface area contributed by atoms with Crippen LogP contribution in [0.15, 0.2) is 218 Å². The summed E-state index contributed by atoms with van der Waals surface area (Å²) in [4.78, 5) is 52.2. The van der Waals surface area contributed by atoms with Crippen LogP contribution in [0.4, 0.5) is 5.69 Å². The number of fused-ring (bicyclic) bond motifs is 10. The number of rotatable bonds is 9. The number of nitrogens with zero attached hydrogens (tertiary/aromatic N) is 3. The number of carbonyl (C=O) groups is 2. The van der Waals surface area contributed by atoms with Gasteiger partial charge in [0.1, 0.15) is 23.0 Å². The van der Waals surface area contributed by atoms with Gasteiger partial charge in [0.15, 0.2) is 0 Å². The first kappa shape index (κ1) is 59.8. The van der Waals surface area contributed by atoms with Gasteiger partial charge in [-0.05, 0) is 184 Å². The molecule has 9 nitrogen and oxygen atoms in total. The van der Waals surface area contributed by atoms with Crippen LogP contribution in [0.1, 0.15) is 113 Å². The van der Waals surface area contributed by atoms with Crippen LogP contribution in [-0.4, -0.2) is 31.8 Å². The number of benzene rings is 11. The normalized spacial score (nSPS) is 13.1. The molecule has 474 valence electrons. The Morgan fingerprint density at radius 1 is 0.357 bits per heavy atom. The van der Waals surface area contributed by atoms with Gasteiger partial charge < -0.3 is 19.4 Å². The van der Waals surface area contributed by atoms with Crippen molar-refractivity contribution >= 4 is 107 Å². The van der Waals surface area contributed by atoms with E-state index in [4.69, 9.17) is 19.4 Å². The number of anilines is 1. The van der Waals surface area contributed by atoms with Gasteiger partial charge in [0.2, 0.25) is 0 Å². The van der Waals surface area contributed by atoms with Crippen molar-refractivity contribution < 1.29 is 19.1 Å². The van der Waals surface area contributed by atoms with Crippen LogP contribution >= 0.6 is 0 Å². The molecule has 6 heterocycles. The van der Waals surface area contributed by atoms with E-state index in [1.54, 1.807) is 0 Å². The summed E-state index contributed by atoms with van der Waals surface area (Å²) in [6.07, 6.45) is 8.41. The summed E-state index contributed by atoms with van der Waals surface area (Å²) in [7, 11) is 0. The van der Waals surface area contributed by atoms with Gasteiger partial charge in [-0.15, -0.1) is 0 Å². The molecule has 0 unspecified atom stereocenters. The van der Waals surface area contributed by atoms with E-state index < -0.39 is 11.8 Å². The molecule has 0 saturated heterocycles. The highest BCUT2D eigenvalue weighted by molar-refractivity contribution is 6.44. The summed E-state index contributed by atoms with van der Waals surface area (Å²) < 4.78 is 14.2. The lowest BCUT2D eigenvalue weighted by atomic mass is 9.83. The van der Waals surface area contributed by atoms with E-state index in [1.165, 1.54) is 10.5 Å². The predicted octanol–water partition coefficient (Wildman–Crippen LogP) is 23.3. The number of nitrogens with one attached hydrogen (secondary N) is 2. The third kappa shape index (κ3) is 10.1. The number of aromatic amines is 2. The van der Waals surface area contributed by atoms with Gasteiger partial charge >= 0.3 is 0 Å². The zero-order valence-corrected chi connectivity index (χ0v) is 56.1. The van der Waals surface area contributed by atoms with Crippen molar-refractivity contribution in [3.8, 4) is 67.5 Å². The van der Waals surface area contributed by atoms with Crippen molar-refractivity contribution in [1.82, 2.24) is 19.9 Å². The van der Waals surface area contributed by atoms with Crippen LogP contribution in [0.5, 0.6) is 23.0 Å². The van der Waals surface area contributed by atoms with E-state index in [1.807, 2.05) is 60.7 Å². The summed E-state index contributed by atoms with van der Waals surface area (Å²) in [5.74, 6) is 1.25. The largest absolute Gasteiger partial charge is 0.457 e. The first-order chi connectivity index (χ1) is 47.4. The van der Waals surface area contributed by atoms with Gasteiger partial charge in [0, 0.05) is 65.9 Å². The second-order valence-electron chi connectivity index (χ2n) is 28.4. The van der Waals surface area contributed by atoms with Crippen LogP contribution < -0.4 is 14.4 Å². The lowest BCUT2D eigenvalue weighted by Crippen LogP contribution is -2.40. The molecule has 14 aromatic rings. The number of imide groups is 1. The highest BCUT2D eigenvalue weighted by atomic mass is 16.5. The highest BCUT2D eigenvalue weighted by Gasteiger charge is 2.38. The quantitative estimate of drug-likeness (QED) is 0.0846. The second kappa shape index (κ2) is 22.6. The Kier molecular flexibility index (Phi) is 13.8. The van der Waals surface area contributed by atoms with Gasteiger partial charge in [0.25, 0.3) is 11.8 Å². The molecule has 2 amide bonds. The molecule has 0 spiro atoms. The maximum Gasteiger partial charge on any atom is 0.266 e. The monoisotopic (exact) mass is 1270 g/mol. The third-order valence-corrected chi connectivity index (χ3v) is 19.7. The number of carbonyl (C=O) groups excluding carboxylic acids is 2. The van der Waals surface area contributed by atoms with Gasteiger partial charge in [-0.2, -0.15) is 0 Å². The molecule has 8 bridgehead atoms. The molecular formula is C89H69N5O4. The van der Waals surface area contributed by atoms with E-state index in [-0.39, 0.29) is 10.8 Å². The SMILES string of the molecule is Cc1ccc(-c2c3nc(c(-c4ccc(C)cc4)c4ccc([nH]4)c(-c4ccc(N5C(=O)c6cc(Oc7ccc(C(C)(C)C)cc7)c7c8cccc9cccc(c%10c(Oc%11ccc(C(C)(C)C)cc%11)cc(c6c7%10)C5=O)c98)cc4)c4nc(c(-c5ccc(C)cc5)c5ccc2[nH]5)C=C4)C=C3)cc1. The fourth-order valence-corrected chi connectivity index (χ4v) is 14.6. The van der Waals surface area contributed by atoms with E-state index >= 15 is 9.59 Å². The Bertz CT molecular complexity index is 5690. The van der Waals surface area contributed by atoms with E-state index in [0.29, 0.717) is 45.2 Å². The molecule has 2 N–H and O–H groups in total. The third-order valence-electron chi connectivity index (χ3n) is 19.7. The van der Waals surface area contributed by atoms with Crippen molar-refractivity contribution in [2.75, 3.05) is 4.90 Å². The summed E-state index contributed by atoms with van der Waals surface area (Å²) in [5.41, 5.74) is 20.9. The molecule has 0 saturated carbocycles. The molecule has 98 heavy (non-hydrogen) atoms. The molecule has 17 rings (SSSR count). The van der Waals surface area contributed by atoms with Crippen molar-refractivity contribution in [1.29, 1.82) is 0 Å². The van der Waals surface area contributed by atoms with Gasteiger partial charge in [-0.3, -0.25) is 9.59 Å². The first-order valence-electron chi connectivity index (χ1n) is 33.5. The molecule has 3 aliphatic heterocycles. The second-order valence-corrected chi connectivity index (χ2v) is 28.4. The fourth-order valence-electron chi connectivity index (χ4n) is 14.6. The summed E-state index contributed by atoms with van der Waals surface area (Å²) >= 11 is 0. The van der Waals surface area contributed by atoms with Crippen molar-refractivity contribution in [3.05, 3.63) is 280 Å². The summed E-state index contributed by atoms with van der Waals surface area (Å²) in [6, 6.07) is 74.7. The molecule has 3 aliphatic rings. The van der Waals surface area contributed by atoms with Crippen LogP contribution in [0.2, 0.25) is 0 Å². The zero-order valence-electron chi connectivity index (χ0n) is 56.1. The van der Waals surface area contributed by atoms with Crippen molar-refractivity contribution in [2.24, 2.45) is 0 Å². The van der Waals surface area contributed by atoms with Crippen LogP contribution in [-0.2, 0) is 10.8 Å². The topological polar surface area (TPSA) is 113 Å². The highest BCUT2D eigenvalue weighted by Crippen LogP contribution is 2.53. The number of H-pyrrole nitrogens is 2. The van der Waals surface area contributed by atoms with Gasteiger partial charge in [0.05, 0.1) is 39.6 Å². The number of ether oxygens (including phenoxy) is 2. The van der Waals surface area contributed by atoms with E-state index in [0.717, 1.165) is 149 Å². The number of amides is 2. The number of aryl methyl sites for hydroxylation is 3. The lowest BCUT2D eigenvalue weighted by molar-refractivity contribution is 0.0893. The van der Waals surface area contributed by atoms with Crippen molar-refractivity contribution in [3.63, 3.8) is 0 Å². The fraction of sp³-hybridized carbons (Fsp3) is 0.124. The molecule has 9 heteroatoms. The number of hydrogen-bond donors (Lipinski definition) is 2. The average molecular weight is 1270 g/mol. The smallest absolute Gasteiger partial charge is 0.266 e. The molecule has 0 atom stereocenters. The molecule has 0 radical (unpaired) electrons. The van der Waals surface area contributed by atoms with Crippen LogP contribution in [0.25, 0.3) is 134 Å². The summed E-state index contributed by atoms with van der Waals surface area (Å²) in [6.45, 7) is 19.4. The minimum Gasteiger partial charge on any atom is -0.457 e. The molecule has 0 fully saturated rings. The minimum absolute atomic E-state index is 0.0880. The molecular weight excluding hydrogens is 1200 g/mol. The van der Waals surface area contributed by atoms with Gasteiger partial charge in [-0.25, -0.2) is 14.9 Å². The zero-order chi connectivity index (χ0) is 67.0. The summed E-state index contributed by atoms with van der Waals surface area (Å²) in [5, 5.41) is 6.78. The van der Waals surface area contributed by atoms with Crippen LogP contribution in [0, 0.1) is 20.8 Å². The minimum atomic E-state index is -0.475. The Labute approximate surface area is 568 Å². The number of hydrogen-bond acceptors (Lipinski definition) is 6. The Morgan fingerprint density at radius 2 is 0.694 bits per heavy atom. The van der Waals surface area contributed by atoms with E-state index in [2.05, 4.69) is 254 Å². The Hall–Kier alpha value is -11.9. The first-order valence-corrected chi connectivity index (χ1v) is 33.5. The average Bonchev–Trinajstić information content (AvgIpc) is 0.993. The standard InChI is InChI=1S/C89H69N5O4/c1-50-16-22-54(23-17-50)78-67-40-42-69(90-67)79(55-24-18-51(2)19-25-55)71-44-46-73(92-71)81(74-47-45-72(93-74)80(70-43-41-68(78)91-70)56-26-20-52(3)21-27-56)57-28-34-60(35-29-57)94-86(95)65-48-75(97-61-36-30-58(31-37-61)88(4,5)6)83-63-14-10-12-53-13-11-15-64(77(53)63)84-76(49-66(87(94)96)82(65)85(83)84)98-62-38-32-59(33-39-62)89(7,8)9/h10-49,90,93H,1-9H3. The Balaban J connectivity index is 0.873. The molecule has 0 aliphatic carbocycles. The van der Waals surface area contributed by atoms with E-state index in [9.17, 15) is 0 Å². The molecule has 11 aromatic carbocycles. The maximum absolute atomic E-state index is 16.0. The molecule has 3 aromatic heterocycles. The lowest BCUT2D eigenvalue weighted by Gasteiger charge is -2.30.